The van der Waals surface area contributed by atoms with Gasteiger partial charge in [0.05, 0.1) is 18.8 Å². The summed E-state index contributed by atoms with van der Waals surface area (Å²) in [6, 6.07) is 0. The van der Waals surface area contributed by atoms with Gasteiger partial charge in [-0.1, -0.05) is 13.3 Å². The number of sulfone groups is 1. The smallest absolute Gasteiger partial charge is 0.306 e. The molecule has 0 saturated heterocycles. The second kappa shape index (κ2) is 8.07. The van der Waals surface area contributed by atoms with E-state index in [1.165, 1.54) is 14.0 Å². The molecule has 0 aliphatic heterocycles. The van der Waals surface area contributed by atoms with Gasteiger partial charge in [0.15, 0.2) is 9.84 Å². The Labute approximate surface area is 108 Å². The molecule has 18 heavy (non-hydrogen) atoms. The van der Waals surface area contributed by atoms with Gasteiger partial charge in [0.1, 0.15) is 5.75 Å². The van der Waals surface area contributed by atoms with Crippen molar-refractivity contribution in [2.75, 3.05) is 19.4 Å². The van der Waals surface area contributed by atoms with Crippen LogP contribution in [0.15, 0.2) is 0 Å². The fraction of sp³-hybridized carbons (Fsp3) is 0.818. The molecule has 0 aromatic heterocycles. The van der Waals surface area contributed by atoms with Gasteiger partial charge in [-0.05, 0) is 13.3 Å². The minimum absolute atomic E-state index is 0.235. The predicted molar refractivity (Wildman–Crippen MR) is 67.8 cm³/mol. The first-order valence-corrected chi connectivity index (χ1v) is 7.60. The summed E-state index contributed by atoms with van der Waals surface area (Å²) in [5.41, 5.74) is 0. The number of nitrogens with one attached hydrogen (secondary N) is 1. The summed E-state index contributed by atoms with van der Waals surface area (Å²) in [6.07, 6.45) is 1.50. The van der Waals surface area contributed by atoms with Gasteiger partial charge in [-0.15, -0.1) is 0 Å². The largest absolute Gasteiger partial charge is 0.469 e. The average molecular weight is 279 g/mol. The van der Waals surface area contributed by atoms with Crippen LogP contribution in [0.2, 0.25) is 0 Å². The van der Waals surface area contributed by atoms with Crippen LogP contribution in [0, 0.1) is 0 Å². The lowest BCUT2D eigenvalue weighted by Gasteiger charge is -2.11. The molecular formula is C11H21NO5S. The summed E-state index contributed by atoms with van der Waals surface area (Å²) >= 11 is 0. The van der Waals surface area contributed by atoms with Crippen LogP contribution in [0.1, 0.15) is 33.1 Å². The van der Waals surface area contributed by atoms with Crippen molar-refractivity contribution in [2.24, 2.45) is 0 Å². The van der Waals surface area contributed by atoms with Crippen LogP contribution in [0.3, 0.4) is 0 Å². The van der Waals surface area contributed by atoms with Crippen LogP contribution in [0.25, 0.3) is 0 Å². The van der Waals surface area contributed by atoms with Crippen LogP contribution < -0.4 is 5.32 Å². The van der Waals surface area contributed by atoms with Crippen molar-refractivity contribution >= 4 is 21.7 Å². The van der Waals surface area contributed by atoms with Crippen molar-refractivity contribution in [1.82, 2.24) is 5.32 Å². The Hall–Kier alpha value is -1.11. The van der Waals surface area contributed by atoms with Crippen molar-refractivity contribution < 1.29 is 22.7 Å². The third kappa shape index (κ3) is 6.58. The maximum atomic E-state index is 11.8. The third-order valence-corrected chi connectivity index (χ3v) is 4.54. The first-order valence-electron chi connectivity index (χ1n) is 5.88. The first kappa shape index (κ1) is 16.9. The Kier molecular flexibility index (Phi) is 7.58. The molecule has 6 nitrogen and oxygen atoms in total. The molecule has 0 fully saturated rings. The fourth-order valence-electron chi connectivity index (χ4n) is 1.23. The molecule has 1 amide bonds. The predicted octanol–water partition coefficient (Wildman–Crippen LogP) is 0.269. The maximum absolute atomic E-state index is 11.8. The zero-order valence-electron chi connectivity index (χ0n) is 11.1. The summed E-state index contributed by atoms with van der Waals surface area (Å²) in [7, 11) is -2.42. The average Bonchev–Trinajstić information content (AvgIpc) is 2.28. The number of ether oxygens (including phenoxy) is 1. The highest BCUT2D eigenvalue weighted by atomic mass is 32.2. The van der Waals surface area contributed by atoms with E-state index in [4.69, 9.17) is 0 Å². The van der Waals surface area contributed by atoms with Gasteiger partial charge in [-0.3, -0.25) is 9.59 Å². The highest BCUT2D eigenvalue weighted by Crippen LogP contribution is 2.07. The number of hydrogen-bond donors (Lipinski definition) is 1. The van der Waals surface area contributed by atoms with E-state index < -0.39 is 32.7 Å². The number of hydrogen-bond acceptors (Lipinski definition) is 5. The maximum Gasteiger partial charge on any atom is 0.306 e. The number of methoxy groups -OCH3 is 1. The van der Waals surface area contributed by atoms with Crippen LogP contribution in [0.5, 0.6) is 0 Å². The molecule has 1 N–H and O–H groups in total. The van der Waals surface area contributed by atoms with Crippen LogP contribution in [-0.2, 0) is 24.2 Å². The quantitative estimate of drug-likeness (QED) is 0.509. The Balaban J connectivity index is 4.29. The van der Waals surface area contributed by atoms with E-state index in [-0.39, 0.29) is 6.42 Å². The topological polar surface area (TPSA) is 89.5 Å². The van der Waals surface area contributed by atoms with E-state index >= 15 is 0 Å². The number of rotatable bonds is 8. The van der Waals surface area contributed by atoms with Crippen molar-refractivity contribution in [3.05, 3.63) is 0 Å². The standard InChI is InChI=1S/C11H21NO5S/c1-4-5-6-12-10(13)8-18(15,16)9(2)7-11(14)17-3/h9H,4-8H2,1-3H3,(H,12,13). The molecule has 0 saturated carbocycles. The summed E-state index contributed by atoms with van der Waals surface area (Å²) < 4.78 is 27.9. The minimum Gasteiger partial charge on any atom is -0.469 e. The van der Waals surface area contributed by atoms with Gasteiger partial charge in [-0.2, -0.15) is 0 Å². The minimum atomic E-state index is -3.61. The molecule has 0 aliphatic rings. The molecule has 0 aromatic carbocycles. The first-order chi connectivity index (χ1) is 8.33. The SMILES string of the molecule is CCCCNC(=O)CS(=O)(=O)C(C)CC(=O)OC. The molecule has 0 bridgehead atoms. The summed E-state index contributed by atoms with van der Waals surface area (Å²) in [5, 5.41) is 1.61. The third-order valence-electron chi connectivity index (χ3n) is 2.48. The molecule has 0 heterocycles. The molecule has 106 valence electrons. The summed E-state index contributed by atoms with van der Waals surface area (Å²) in [4.78, 5) is 22.4. The second-order valence-electron chi connectivity index (χ2n) is 4.10. The van der Waals surface area contributed by atoms with Gasteiger partial charge in [0.25, 0.3) is 0 Å². The number of carbonyl (C=O) groups excluding carboxylic acids is 2. The Morgan fingerprint density at radius 1 is 1.33 bits per heavy atom. The molecule has 0 aliphatic carbocycles. The number of carbonyl (C=O) groups is 2. The Morgan fingerprint density at radius 3 is 2.44 bits per heavy atom. The van der Waals surface area contributed by atoms with Crippen molar-refractivity contribution in [3.63, 3.8) is 0 Å². The lowest BCUT2D eigenvalue weighted by Crippen LogP contribution is -2.35. The molecule has 1 atom stereocenters. The normalized spacial score (nSPS) is 12.8. The molecule has 7 heteroatoms. The van der Waals surface area contributed by atoms with Gasteiger partial charge < -0.3 is 10.1 Å². The molecule has 0 rings (SSSR count). The zero-order valence-corrected chi connectivity index (χ0v) is 11.9. The van der Waals surface area contributed by atoms with E-state index in [9.17, 15) is 18.0 Å². The number of esters is 1. The Bertz CT molecular complexity index is 377. The van der Waals surface area contributed by atoms with Crippen LogP contribution >= 0.6 is 0 Å². The molecule has 1 unspecified atom stereocenters. The monoisotopic (exact) mass is 279 g/mol. The fourth-order valence-corrected chi connectivity index (χ4v) is 2.37. The van der Waals surface area contributed by atoms with Gasteiger partial charge in [-0.25, -0.2) is 8.42 Å². The highest BCUT2D eigenvalue weighted by Gasteiger charge is 2.26. The van der Waals surface area contributed by atoms with Crippen LogP contribution in [-0.4, -0.2) is 45.0 Å². The van der Waals surface area contributed by atoms with E-state index in [0.29, 0.717) is 6.54 Å². The van der Waals surface area contributed by atoms with Crippen molar-refractivity contribution in [2.45, 2.75) is 38.4 Å². The molecule has 0 radical (unpaired) electrons. The van der Waals surface area contributed by atoms with Crippen molar-refractivity contribution in [3.8, 4) is 0 Å². The molecule has 0 spiro atoms. The molecular weight excluding hydrogens is 258 g/mol. The lowest BCUT2D eigenvalue weighted by molar-refractivity contribution is -0.140. The lowest BCUT2D eigenvalue weighted by atomic mass is 10.3. The van der Waals surface area contributed by atoms with E-state index in [2.05, 4.69) is 10.1 Å². The van der Waals surface area contributed by atoms with Crippen LogP contribution in [0.4, 0.5) is 0 Å². The van der Waals surface area contributed by atoms with Gasteiger partial charge in [0, 0.05) is 6.54 Å². The van der Waals surface area contributed by atoms with E-state index in [0.717, 1.165) is 12.8 Å². The van der Waals surface area contributed by atoms with E-state index in [1.807, 2.05) is 6.92 Å². The highest BCUT2D eigenvalue weighted by molar-refractivity contribution is 7.92. The second-order valence-corrected chi connectivity index (χ2v) is 6.52. The number of unbranched alkanes of at least 4 members (excludes halogenated alkanes) is 1. The van der Waals surface area contributed by atoms with E-state index in [1.54, 1.807) is 0 Å². The summed E-state index contributed by atoms with van der Waals surface area (Å²) in [6.45, 7) is 3.84. The van der Waals surface area contributed by atoms with Crippen molar-refractivity contribution in [1.29, 1.82) is 0 Å². The molecule has 0 aromatic rings. The van der Waals surface area contributed by atoms with Gasteiger partial charge in [0.2, 0.25) is 5.91 Å². The Morgan fingerprint density at radius 2 is 1.94 bits per heavy atom. The van der Waals surface area contributed by atoms with Gasteiger partial charge >= 0.3 is 5.97 Å². The zero-order chi connectivity index (χ0) is 14.2. The number of amides is 1. The summed E-state index contributed by atoms with van der Waals surface area (Å²) in [5.74, 6) is -1.72.